The number of rotatable bonds is 2. The average molecular weight is 266 g/mol. The van der Waals surface area contributed by atoms with E-state index in [4.69, 9.17) is 34.8 Å². The second-order valence-electron chi connectivity index (χ2n) is 2.71. The molecule has 0 saturated carbocycles. The average Bonchev–Trinajstić information content (AvgIpc) is 2.19. The zero-order valence-corrected chi connectivity index (χ0v) is 10.0. The third-order valence-electron chi connectivity index (χ3n) is 1.56. The molecule has 0 aliphatic heterocycles. The van der Waals surface area contributed by atoms with Crippen LogP contribution in [0, 0.1) is 0 Å². The Morgan fingerprint density at radius 2 is 2.07 bits per heavy atom. The van der Waals surface area contributed by atoms with Crippen molar-refractivity contribution in [2.45, 2.75) is 0 Å². The van der Waals surface area contributed by atoms with E-state index in [1.165, 1.54) is 13.4 Å². The zero-order chi connectivity index (χ0) is 11.4. The fourth-order valence-electron chi connectivity index (χ4n) is 0.764. The van der Waals surface area contributed by atoms with E-state index in [2.05, 4.69) is 4.99 Å². The molecule has 0 bridgehead atoms. The van der Waals surface area contributed by atoms with Crippen LogP contribution >= 0.6 is 34.8 Å². The topological polar surface area (TPSA) is 32.7 Å². The maximum absolute atomic E-state index is 10.6. The van der Waals surface area contributed by atoms with Gasteiger partial charge in [-0.1, -0.05) is 23.2 Å². The summed E-state index contributed by atoms with van der Waals surface area (Å²) in [6, 6.07) is 4.89. The van der Waals surface area contributed by atoms with E-state index < -0.39 is 5.37 Å². The Hall–Kier alpha value is -0.770. The number of amides is 1. The second-order valence-corrected chi connectivity index (χ2v) is 3.84. The summed E-state index contributed by atoms with van der Waals surface area (Å²) in [5.74, 6) is 0. The first-order chi connectivity index (χ1) is 7.00. The highest BCUT2D eigenvalue weighted by atomic mass is 35.5. The Kier molecular flexibility index (Phi) is 4.39. The van der Waals surface area contributed by atoms with Gasteiger partial charge in [0.2, 0.25) is 0 Å². The molecule has 0 unspecified atom stereocenters. The molecular weight excluding hydrogens is 258 g/mol. The smallest absolute Gasteiger partial charge is 0.292 e. The summed E-state index contributed by atoms with van der Waals surface area (Å²) in [6.45, 7) is 0. The summed E-state index contributed by atoms with van der Waals surface area (Å²) in [5.41, 5.74) is 0.592. The van der Waals surface area contributed by atoms with Crippen molar-refractivity contribution in [2.24, 2.45) is 4.99 Å². The van der Waals surface area contributed by atoms with Gasteiger partial charge in [-0.25, -0.2) is 4.99 Å². The minimum atomic E-state index is -0.612. The van der Waals surface area contributed by atoms with Crippen molar-refractivity contribution in [3.05, 3.63) is 28.2 Å². The Labute approximate surface area is 102 Å². The Bertz CT molecular complexity index is 406. The third kappa shape index (κ3) is 3.70. The molecule has 0 aromatic heterocycles. The molecule has 0 aliphatic rings. The molecule has 3 nitrogen and oxygen atoms in total. The van der Waals surface area contributed by atoms with Crippen LogP contribution in [-0.2, 0) is 0 Å². The number of carbonyl (C=O) groups is 1. The molecule has 1 rings (SSSR count). The van der Waals surface area contributed by atoms with E-state index in [1.807, 2.05) is 0 Å². The standard InChI is InChI=1S/C9H7Cl3N2O/c1-14(9(12)15)5-13-6-2-3-7(10)8(11)4-6/h2-5H,1H3. The number of hydrogen-bond donors (Lipinski definition) is 0. The molecule has 0 N–H and O–H groups in total. The van der Waals surface area contributed by atoms with E-state index in [1.54, 1.807) is 18.2 Å². The molecule has 0 aliphatic carbocycles. The minimum Gasteiger partial charge on any atom is -0.292 e. The number of halogens is 3. The van der Waals surface area contributed by atoms with Crippen molar-refractivity contribution in [1.82, 2.24) is 4.90 Å². The van der Waals surface area contributed by atoms with Crippen LogP contribution in [0.3, 0.4) is 0 Å². The first kappa shape index (κ1) is 12.3. The van der Waals surface area contributed by atoms with Crippen molar-refractivity contribution in [2.75, 3.05) is 7.05 Å². The maximum atomic E-state index is 10.6. The number of hydrogen-bond acceptors (Lipinski definition) is 2. The van der Waals surface area contributed by atoms with E-state index in [9.17, 15) is 4.79 Å². The molecule has 0 fully saturated rings. The second kappa shape index (κ2) is 5.35. The highest BCUT2D eigenvalue weighted by Crippen LogP contribution is 2.26. The van der Waals surface area contributed by atoms with Gasteiger partial charge in [0.1, 0.15) is 0 Å². The van der Waals surface area contributed by atoms with E-state index >= 15 is 0 Å². The number of aliphatic imine (C=N–C) groups is 1. The van der Waals surface area contributed by atoms with Gasteiger partial charge in [0, 0.05) is 7.05 Å². The lowest BCUT2D eigenvalue weighted by molar-refractivity contribution is 0.248. The SMILES string of the molecule is CN(C=Nc1ccc(Cl)c(Cl)c1)C(=O)Cl. The van der Waals surface area contributed by atoms with Crippen LogP contribution in [0.1, 0.15) is 0 Å². The molecule has 1 aromatic rings. The number of carbonyl (C=O) groups excluding carboxylic acids is 1. The number of nitrogens with zero attached hydrogens (tertiary/aromatic N) is 2. The first-order valence-electron chi connectivity index (χ1n) is 3.92. The van der Waals surface area contributed by atoms with E-state index in [0.717, 1.165) is 4.90 Å². The van der Waals surface area contributed by atoms with E-state index in [0.29, 0.717) is 15.7 Å². The Morgan fingerprint density at radius 3 is 2.60 bits per heavy atom. The molecule has 1 aromatic carbocycles. The Morgan fingerprint density at radius 1 is 1.40 bits per heavy atom. The van der Waals surface area contributed by atoms with Gasteiger partial charge in [0.05, 0.1) is 22.1 Å². The lowest BCUT2D eigenvalue weighted by Crippen LogP contribution is -2.17. The van der Waals surface area contributed by atoms with Crippen LogP contribution in [-0.4, -0.2) is 23.7 Å². The van der Waals surface area contributed by atoms with Gasteiger partial charge >= 0.3 is 5.37 Å². The zero-order valence-electron chi connectivity index (χ0n) is 7.75. The summed E-state index contributed by atoms with van der Waals surface area (Å²) >= 11 is 16.7. The predicted octanol–water partition coefficient (Wildman–Crippen LogP) is 3.94. The van der Waals surface area contributed by atoms with Crippen LogP contribution in [0.5, 0.6) is 0 Å². The van der Waals surface area contributed by atoms with Gasteiger partial charge in [-0.05, 0) is 29.8 Å². The van der Waals surface area contributed by atoms with E-state index in [-0.39, 0.29) is 0 Å². The predicted molar refractivity (Wildman–Crippen MR) is 63.6 cm³/mol. The van der Waals surface area contributed by atoms with Gasteiger partial charge < -0.3 is 0 Å². The maximum Gasteiger partial charge on any atom is 0.321 e. The van der Waals surface area contributed by atoms with Crippen molar-refractivity contribution in [3.63, 3.8) is 0 Å². The molecule has 1 amide bonds. The highest BCUT2D eigenvalue weighted by Gasteiger charge is 2.01. The first-order valence-corrected chi connectivity index (χ1v) is 5.05. The fraction of sp³-hybridized carbons (Fsp3) is 0.111. The monoisotopic (exact) mass is 264 g/mol. The van der Waals surface area contributed by atoms with Crippen LogP contribution in [0.25, 0.3) is 0 Å². The van der Waals surface area contributed by atoms with Crippen LogP contribution < -0.4 is 0 Å². The molecule has 6 heteroatoms. The molecule has 0 radical (unpaired) electrons. The molecular formula is C9H7Cl3N2O. The summed E-state index contributed by atoms with van der Waals surface area (Å²) in [6.07, 6.45) is 1.30. The molecule has 0 atom stereocenters. The summed E-state index contributed by atoms with van der Waals surface area (Å²) in [7, 11) is 1.50. The van der Waals surface area contributed by atoms with Crippen molar-refractivity contribution in [1.29, 1.82) is 0 Å². The van der Waals surface area contributed by atoms with Crippen molar-refractivity contribution < 1.29 is 4.79 Å². The fourth-order valence-corrected chi connectivity index (χ4v) is 1.10. The lowest BCUT2D eigenvalue weighted by Gasteiger charge is -2.04. The van der Waals surface area contributed by atoms with Gasteiger partial charge in [0.15, 0.2) is 0 Å². The van der Waals surface area contributed by atoms with Crippen molar-refractivity contribution >= 4 is 52.2 Å². The van der Waals surface area contributed by atoms with Gasteiger partial charge in [-0.15, -0.1) is 0 Å². The summed E-state index contributed by atoms with van der Waals surface area (Å²) < 4.78 is 0. The minimum absolute atomic E-state index is 0.408. The van der Waals surface area contributed by atoms with Crippen LogP contribution in [0.4, 0.5) is 10.5 Å². The van der Waals surface area contributed by atoms with Crippen molar-refractivity contribution in [3.8, 4) is 0 Å². The highest BCUT2D eigenvalue weighted by molar-refractivity contribution is 6.63. The van der Waals surface area contributed by atoms with Gasteiger partial charge in [-0.2, -0.15) is 0 Å². The Balaban J connectivity index is 2.81. The quantitative estimate of drug-likeness (QED) is 0.345. The molecule has 0 spiro atoms. The molecule has 15 heavy (non-hydrogen) atoms. The number of benzene rings is 1. The molecule has 0 saturated heterocycles. The van der Waals surface area contributed by atoms with Crippen LogP contribution in [0.15, 0.2) is 23.2 Å². The molecule has 80 valence electrons. The normalized spacial score (nSPS) is 10.7. The van der Waals surface area contributed by atoms with Crippen LogP contribution in [0.2, 0.25) is 10.0 Å². The third-order valence-corrected chi connectivity index (χ3v) is 2.57. The summed E-state index contributed by atoms with van der Waals surface area (Å²) in [5, 5.41) is 0.252. The van der Waals surface area contributed by atoms with Gasteiger partial charge in [0.25, 0.3) is 0 Å². The molecule has 0 heterocycles. The lowest BCUT2D eigenvalue weighted by atomic mass is 10.3. The van der Waals surface area contributed by atoms with Gasteiger partial charge in [-0.3, -0.25) is 9.69 Å². The summed E-state index contributed by atoms with van der Waals surface area (Å²) in [4.78, 5) is 15.8. The largest absolute Gasteiger partial charge is 0.321 e.